The fourth-order valence-electron chi connectivity index (χ4n) is 8.79. The number of morpholine rings is 1. The third-order valence-electron chi connectivity index (χ3n) is 11.8. The largest absolute Gasteiger partial charge is 0.384 e. The molecule has 4 aromatic rings. The van der Waals surface area contributed by atoms with Crippen molar-refractivity contribution in [1.82, 2.24) is 34.6 Å². The molecule has 5 amide bonds. The van der Waals surface area contributed by atoms with E-state index in [1.54, 1.807) is 29.1 Å². The van der Waals surface area contributed by atoms with Gasteiger partial charge in [0.15, 0.2) is 11.3 Å². The number of carbonyl (C=O) groups is 5. The molecular weight excluding hydrogens is 758 g/mol. The van der Waals surface area contributed by atoms with E-state index in [9.17, 15) is 32.8 Å². The SMILES string of the molecule is O=C1CCC(N2C(=O)c3cccc(NCCCOCC4CCC(n5cc(NC(=O)c6cnn7ccc(N8C[C@H]9C[C@@H]8CO9)nc67)c(C(F)F)n5)CC4)c3C2=O)C(=O)N1. The van der Waals surface area contributed by atoms with Gasteiger partial charge in [0.2, 0.25) is 11.8 Å². The Morgan fingerprint density at radius 3 is 2.64 bits per heavy atom. The lowest BCUT2D eigenvalue weighted by molar-refractivity contribution is -0.136. The topological polar surface area (TPSA) is 194 Å². The average Bonchev–Trinajstić information content (AvgIpc) is 4.06. The Kier molecular flexibility index (Phi) is 10.1. The standard InChI is InChI=1S/C39H42F2N10O7/c40-34(41)33-28(44-36(53)26-16-43-49-13-11-30(45-35(26)49)48-17-24-15-23(48)20-58-24)18-50(47-33)22-7-5-21(6-8-22)19-57-14-2-12-42-27-4-1-3-25-32(27)39(56)51(38(25)55)29-9-10-31(52)46-37(29)54/h1,3-4,11,13,16,18,21-24,29,34,42H,2,5-10,12,14-15,17,19-20H2,(H,44,53)(H,46,52,54)/t21?,22?,23-,24-,29?/m1/s1. The third kappa shape index (κ3) is 7.05. The molecule has 1 saturated carbocycles. The number of piperidine rings is 1. The predicted molar refractivity (Wildman–Crippen MR) is 202 cm³/mol. The van der Waals surface area contributed by atoms with Crippen LogP contribution in [0.1, 0.15) is 101 Å². The highest BCUT2D eigenvalue weighted by Crippen LogP contribution is 2.36. The fourth-order valence-corrected chi connectivity index (χ4v) is 8.79. The minimum atomic E-state index is -2.89. The molecule has 19 heteroatoms. The van der Waals surface area contributed by atoms with Crippen molar-refractivity contribution >= 4 is 52.4 Å². The number of nitrogens with zero attached hydrogens (tertiary/aromatic N) is 7. The number of hydrogen-bond donors (Lipinski definition) is 3. The first-order valence-electron chi connectivity index (χ1n) is 19.7. The minimum Gasteiger partial charge on any atom is -0.384 e. The average molecular weight is 801 g/mol. The highest BCUT2D eigenvalue weighted by atomic mass is 19.3. The summed E-state index contributed by atoms with van der Waals surface area (Å²) in [4.78, 5) is 71.7. The second-order valence-corrected chi connectivity index (χ2v) is 15.5. The lowest BCUT2D eigenvalue weighted by atomic mass is 9.86. The maximum Gasteiger partial charge on any atom is 0.284 e. The van der Waals surface area contributed by atoms with Crippen LogP contribution < -0.4 is 20.9 Å². The summed E-state index contributed by atoms with van der Waals surface area (Å²) in [5.41, 5.74) is 0.863. The maximum absolute atomic E-state index is 14.2. The molecule has 1 unspecified atom stereocenters. The third-order valence-corrected chi connectivity index (χ3v) is 11.8. The van der Waals surface area contributed by atoms with Gasteiger partial charge in [0.25, 0.3) is 24.1 Å². The van der Waals surface area contributed by atoms with Crippen molar-refractivity contribution in [3.05, 3.63) is 65.2 Å². The van der Waals surface area contributed by atoms with Crippen LogP contribution >= 0.6 is 0 Å². The monoisotopic (exact) mass is 800 g/mol. The minimum absolute atomic E-state index is 0.0488. The molecule has 1 aliphatic carbocycles. The number of amides is 5. The van der Waals surface area contributed by atoms with Crippen molar-refractivity contribution in [2.45, 2.75) is 82.0 Å². The normalized spacial score (nSPS) is 24.3. The Bertz CT molecular complexity index is 2290. The maximum atomic E-state index is 14.2. The molecule has 4 fully saturated rings. The first kappa shape index (κ1) is 37.7. The summed E-state index contributed by atoms with van der Waals surface area (Å²) in [6.45, 7) is 2.81. The van der Waals surface area contributed by atoms with Gasteiger partial charge in [-0.15, -0.1) is 0 Å². The van der Waals surface area contributed by atoms with Gasteiger partial charge in [0, 0.05) is 50.8 Å². The van der Waals surface area contributed by atoms with Crippen molar-refractivity contribution in [1.29, 1.82) is 0 Å². The van der Waals surface area contributed by atoms with E-state index in [2.05, 4.69) is 31.0 Å². The molecule has 3 atom stereocenters. The number of fused-ring (bicyclic) bond motifs is 4. The molecule has 58 heavy (non-hydrogen) atoms. The molecule has 304 valence electrons. The number of anilines is 3. The lowest BCUT2D eigenvalue weighted by Crippen LogP contribution is -2.54. The van der Waals surface area contributed by atoms with Crippen molar-refractivity contribution < 1.29 is 42.2 Å². The summed E-state index contributed by atoms with van der Waals surface area (Å²) >= 11 is 0. The van der Waals surface area contributed by atoms with Gasteiger partial charge >= 0.3 is 0 Å². The highest BCUT2D eigenvalue weighted by Gasteiger charge is 2.46. The number of aromatic nitrogens is 5. The van der Waals surface area contributed by atoms with Gasteiger partial charge in [-0.05, 0) is 69.1 Å². The second kappa shape index (κ2) is 15.5. The molecule has 1 aromatic carbocycles. The number of rotatable bonds is 13. The summed E-state index contributed by atoms with van der Waals surface area (Å²) in [6.07, 6.45) is 6.60. The van der Waals surface area contributed by atoms with Crippen LogP contribution in [0.25, 0.3) is 5.65 Å². The van der Waals surface area contributed by atoms with Crippen LogP contribution in [0.5, 0.6) is 0 Å². The summed E-state index contributed by atoms with van der Waals surface area (Å²) in [7, 11) is 0. The number of halogens is 2. The Morgan fingerprint density at radius 2 is 1.88 bits per heavy atom. The molecule has 3 aromatic heterocycles. The van der Waals surface area contributed by atoms with E-state index in [1.165, 1.54) is 16.9 Å². The van der Waals surface area contributed by atoms with Crippen molar-refractivity contribution in [2.75, 3.05) is 48.4 Å². The van der Waals surface area contributed by atoms with E-state index >= 15 is 0 Å². The molecule has 3 N–H and O–H groups in total. The second-order valence-electron chi connectivity index (χ2n) is 15.5. The molecule has 0 radical (unpaired) electrons. The van der Waals surface area contributed by atoms with E-state index in [-0.39, 0.29) is 59.3 Å². The van der Waals surface area contributed by atoms with Crippen LogP contribution in [0.3, 0.4) is 0 Å². The number of ether oxygens (including phenoxy) is 2. The molecule has 0 spiro atoms. The van der Waals surface area contributed by atoms with E-state index in [1.807, 2.05) is 6.07 Å². The Hall–Kier alpha value is -5.82. The van der Waals surface area contributed by atoms with Gasteiger partial charge in [-0.3, -0.25) is 38.9 Å². The smallest absolute Gasteiger partial charge is 0.284 e. The number of carbonyl (C=O) groups excluding carboxylic acids is 5. The lowest BCUT2D eigenvalue weighted by Gasteiger charge is -2.28. The Morgan fingerprint density at radius 1 is 1.03 bits per heavy atom. The fraction of sp³-hybridized carbons (Fsp3) is 0.487. The van der Waals surface area contributed by atoms with Crippen LogP contribution in [0.15, 0.2) is 42.9 Å². The number of benzene rings is 1. The van der Waals surface area contributed by atoms with Crippen molar-refractivity contribution in [2.24, 2.45) is 5.92 Å². The Labute approximate surface area is 330 Å². The van der Waals surface area contributed by atoms with Crippen LogP contribution in [0.4, 0.5) is 26.0 Å². The zero-order valence-electron chi connectivity index (χ0n) is 31.4. The van der Waals surface area contributed by atoms with E-state index in [4.69, 9.17) is 14.5 Å². The Balaban J connectivity index is 0.745. The zero-order chi connectivity index (χ0) is 40.1. The molecule has 5 aliphatic rings. The van der Waals surface area contributed by atoms with Gasteiger partial charge in [-0.25, -0.2) is 18.3 Å². The van der Waals surface area contributed by atoms with Crippen molar-refractivity contribution in [3.63, 3.8) is 0 Å². The molecule has 2 bridgehead atoms. The molecule has 3 saturated heterocycles. The molecule has 4 aliphatic heterocycles. The number of imide groups is 2. The number of alkyl halides is 2. The van der Waals surface area contributed by atoms with Crippen LogP contribution in [0.2, 0.25) is 0 Å². The van der Waals surface area contributed by atoms with Gasteiger partial charge in [-0.1, -0.05) is 6.07 Å². The van der Waals surface area contributed by atoms with Crippen LogP contribution in [0, 0.1) is 5.92 Å². The first-order valence-corrected chi connectivity index (χ1v) is 19.7. The summed E-state index contributed by atoms with van der Waals surface area (Å²) in [5, 5.41) is 16.5. The van der Waals surface area contributed by atoms with Gasteiger partial charge in [-0.2, -0.15) is 10.2 Å². The highest BCUT2D eigenvalue weighted by molar-refractivity contribution is 6.25. The van der Waals surface area contributed by atoms with Gasteiger partial charge in [0.1, 0.15) is 17.4 Å². The quantitative estimate of drug-likeness (QED) is 0.131. The van der Waals surface area contributed by atoms with E-state index in [0.29, 0.717) is 62.8 Å². The number of nitrogens with one attached hydrogen (secondary N) is 3. The zero-order valence-corrected chi connectivity index (χ0v) is 31.4. The predicted octanol–water partition coefficient (Wildman–Crippen LogP) is 3.74. The molecule has 7 heterocycles. The van der Waals surface area contributed by atoms with Crippen LogP contribution in [-0.2, 0) is 19.1 Å². The summed E-state index contributed by atoms with van der Waals surface area (Å²) < 4.78 is 43.1. The van der Waals surface area contributed by atoms with Crippen LogP contribution in [-0.4, -0.2) is 110 Å². The first-order chi connectivity index (χ1) is 28.1. The van der Waals surface area contributed by atoms with E-state index in [0.717, 1.165) is 30.7 Å². The summed E-state index contributed by atoms with van der Waals surface area (Å²) in [6, 6.07) is 5.86. The molecular formula is C39H42F2N10O7. The van der Waals surface area contributed by atoms with Gasteiger partial charge < -0.3 is 25.0 Å². The number of hydrogen-bond acceptors (Lipinski definition) is 12. The molecule has 9 rings (SSSR count). The van der Waals surface area contributed by atoms with Gasteiger partial charge in [0.05, 0.1) is 47.8 Å². The van der Waals surface area contributed by atoms with E-state index < -0.39 is 47.7 Å². The van der Waals surface area contributed by atoms with Crippen molar-refractivity contribution in [3.8, 4) is 0 Å². The molecule has 17 nitrogen and oxygen atoms in total. The summed E-state index contributed by atoms with van der Waals surface area (Å²) in [5.74, 6) is -1.82.